The third-order valence-corrected chi connectivity index (χ3v) is 3.55. The third-order valence-electron chi connectivity index (χ3n) is 3.55. The zero-order valence-electron chi connectivity index (χ0n) is 12.3. The Labute approximate surface area is 120 Å². The molecule has 1 atom stereocenters. The second-order valence-corrected chi connectivity index (χ2v) is 5.46. The number of halogens is 1. The van der Waals surface area contributed by atoms with Gasteiger partial charge in [0.2, 0.25) is 0 Å². The van der Waals surface area contributed by atoms with Gasteiger partial charge in [-0.05, 0) is 32.9 Å². The minimum atomic E-state index is -0.401. The number of piperidine rings is 1. The fourth-order valence-electron chi connectivity index (χ4n) is 2.52. The standard InChI is InChI=1S/C15H24FN3O/c1-3-7-20-15-9-14(13(17)8-12(15)16)18-11-5-4-6-19(2)10-11/h8-9,11,18H,3-7,10,17H2,1-2H3. The summed E-state index contributed by atoms with van der Waals surface area (Å²) in [6.07, 6.45) is 3.11. The first-order valence-corrected chi connectivity index (χ1v) is 7.27. The smallest absolute Gasteiger partial charge is 0.167 e. The van der Waals surface area contributed by atoms with Crippen LogP contribution in [0.15, 0.2) is 12.1 Å². The average Bonchev–Trinajstić information content (AvgIpc) is 2.40. The molecule has 20 heavy (non-hydrogen) atoms. The van der Waals surface area contributed by atoms with E-state index in [0.717, 1.165) is 38.0 Å². The van der Waals surface area contributed by atoms with Crippen molar-refractivity contribution in [3.8, 4) is 5.75 Å². The normalized spacial score (nSPS) is 19.9. The second-order valence-electron chi connectivity index (χ2n) is 5.46. The van der Waals surface area contributed by atoms with Crippen molar-refractivity contribution in [2.75, 3.05) is 37.8 Å². The molecule has 0 aromatic heterocycles. The molecule has 2 rings (SSSR count). The number of benzene rings is 1. The van der Waals surface area contributed by atoms with Crippen LogP contribution in [0.2, 0.25) is 0 Å². The third kappa shape index (κ3) is 3.76. The van der Waals surface area contributed by atoms with Crippen LogP contribution in [-0.4, -0.2) is 37.7 Å². The van der Waals surface area contributed by atoms with Crippen LogP contribution >= 0.6 is 0 Å². The molecule has 1 saturated heterocycles. The van der Waals surface area contributed by atoms with Gasteiger partial charge in [-0.25, -0.2) is 4.39 Å². The predicted octanol–water partition coefficient (Wildman–Crippen LogP) is 2.70. The van der Waals surface area contributed by atoms with Crippen LogP contribution in [-0.2, 0) is 0 Å². The largest absolute Gasteiger partial charge is 0.490 e. The Kier molecular flexibility index (Phi) is 5.06. The summed E-state index contributed by atoms with van der Waals surface area (Å²) in [4.78, 5) is 2.29. The van der Waals surface area contributed by atoms with Gasteiger partial charge in [0, 0.05) is 24.7 Å². The quantitative estimate of drug-likeness (QED) is 0.815. The number of likely N-dealkylation sites (tertiary alicyclic amines) is 1. The van der Waals surface area contributed by atoms with E-state index in [2.05, 4.69) is 17.3 Å². The van der Waals surface area contributed by atoms with E-state index in [4.69, 9.17) is 10.5 Å². The van der Waals surface area contributed by atoms with Crippen molar-refractivity contribution in [3.05, 3.63) is 17.9 Å². The van der Waals surface area contributed by atoms with Crippen molar-refractivity contribution in [2.45, 2.75) is 32.2 Å². The number of nitrogens with two attached hydrogens (primary N) is 1. The van der Waals surface area contributed by atoms with Gasteiger partial charge in [0.25, 0.3) is 0 Å². The van der Waals surface area contributed by atoms with Gasteiger partial charge in [0.15, 0.2) is 11.6 Å². The lowest BCUT2D eigenvalue weighted by atomic mass is 10.1. The van der Waals surface area contributed by atoms with E-state index in [-0.39, 0.29) is 5.75 Å². The number of hydrogen-bond acceptors (Lipinski definition) is 4. The SMILES string of the molecule is CCCOc1cc(NC2CCCN(C)C2)c(N)cc1F. The van der Waals surface area contributed by atoms with E-state index in [1.807, 2.05) is 6.92 Å². The number of likely N-dealkylation sites (N-methyl/N-ethyl adjacent to an activating group) is 1. The zero-order valence-corrected chi connectivity index (χ0v) is 12.3. The highest BCUT2D eigenvalue weighted by Crippen LogP contribution is 2.29. The molecule has 1 aromatic carbocycles. The van der Waals surface area contributed by atoms with Crippen LogP contribution in [0.1, 0.15) is 26.2 Å². The molecular weight excluding hydrogens is 257 g/mol. The Morgan fingerprint density at radius 2 is 2.30 bits per heavy atom. The number of nitrogens with zero attached hydrogens (tertiary/aromatic N) is 1. The lowest BCUT2D eigenvalue weighted by Gasteiger charge is -2.31. The van der Waals surface area contributed by atoms with E-state index < -0.39 is 5.82 Å². The molecule has 4 nitrogen and oxygen atoms in total. The molecule has 1 heterocycles. The summed E-state index contributed by atoms with van der Waals surface area (Å²) in [6.45, 7) is 4.60. The minimum Gasteiger partial charge on any atom is -0.490 e. The highest BCUT2D eigenvalue weighted by Gasteiger charge is 2.18. The molecule has 0 amide bonds. The molecular formula is C15H24FN3O. The molecule has 0 saturated carbocycles. The van der Waals surface area contributed by atoms with Gasteiger partial charge in [0.05, 0.1) is 18.0 Å². The summed E-state index contributed by atoms with van der Waals surface area (Å²) < 4.78 is 19.2. The van der Waals surface area contributed by atoms with Crippen LogP contribution in [0.5, 0.6) is 5.75 Å². The first kappa shape index (κ1) is 14.9. The molecule has 1 aromatic rings. The van der Waals surface area contributed by atoms with Crippen molar-refractivity contribution in [1.29, 1.82) is 0 Å². The average molecular weight is 281 g/mol. The summed E-state index contributed by atoms with van der Waals surface area (Å²) in [5.41, 5.74) is 7.09. The lowest BCUT2D eigenvalue weighted by molar-refractivity contribution is 0.261. The topological polar surface area (TPSA) is 50.5 Å². The Bertz CT molecular complexity index is 453. The molecule has 0 radical (unpaired) electrons. The molecule has 1 fully saturated rings. The van der Waals surface area contributed by atoms with Crippen molar-refractivity contribution in [3.63, 3.8) is 0 Å². The van der Waals surface area contributed by atoms with E-state index >= 15 is 0 Å². The number of nitrogen functional groups attached to an aromatic ring is 1. The summed E-state index contributed by atoms with van der Waals surface area (Å²) >= 11 is 0. The Balaban J connectivity index is 2.09. The molecule has 1 aliphatic heterocycles. The Morgan fingerprint density at radius 1 is 1.50 bits per heavy atom. The van der Waals surface area contributed by atoms with Crippen LogP contribution in [0, 0.1) is 5.82 Å². The molecule has 1 aliphatic rings. The fourth-order valence-corrected chi connectivity index (χ4v) is 2.52. The van der Waals surface area contributed by atoms with Gasteiger partial charge >= 0.3 is 0 Å². The molecule has 0 spiro atoms. The molecule has 3 N–H and O–H groups in total. The van der Waals surface area contributed by atoms with Crippen molar-refractivity contribution >= 4 is 11.4 Å². The molecule has 112 valence electrons. The number of nitrogens with one attached hydrogen (secondary N) is 1. The number of ether oxygens (including phenoxy) is 1. The Hall–Kier alpha value is -1.49. The van der Waals surface area contributed by atoms with Gasteiger partial charge in [-0.2, -0.15) is 0 Å². The molecule has 0 aliphatic carbocycles. The van der Waals surface area contributed by atoms with Crippen LogP contribution in [0.25, 0.3) is 0 Å². The predicted molar refractivity (Wildman–Crippen MR) is 80.7 cm³/mol. The van der Waals surface area contributed by atoms with Crippen molar-refractivity contribution < 1.29 is 9.13 Å². The monoisotopic (exact) mass is 281 g/mol. The maximum atomic E-state index is 13.8. The van der Waals surface area contributed by atoms with Crippen LogP contribution in [0.4, 0.5) is 15.8 Å². The first-order chi connectivity index (χ1) is 9.60. The van der Waals surface area contributed by atoms with Gasteiger partial charge in [-0.3, -0.25) is 0 Å². The second kappa shape index (κ2) is 6.79. The first-order valence-electron chi connectivity index (χ1n) is 7.27. The summed E-state index contributed by atoms with van der Waals surface area (Å²) in [7, 11) is 2.11. The molecule has 5 heteroatoms. The summed E-state index contributed by atoms with van der Waals surface area (Å²) in [5.74, 6) is -0.130. The summed E-state index contributed by atoms with van der Waals surface area (Å²) in [5, 5.41) is 3.41. The molecule has 1 unspecified atom stereocenters. The van der Waals surface area contributed by atoms with Crippen LogP contribution in [0.3, 0.4) is 0 Å². The fraction of sp³-hybridized carbons (Fsp3) is 0.600. The van der Waals surface area contributed by atoms with E-state index in [9.17, 15) is 4.39 Å². The number of hydrogen-bond donors (Lipinski definition) is 2. The van der Waals surface area contributed by atoms with E-state index in [1.54, 1.807) is 6.07 Å². The highest BCUT2D eigenvalue weighted by molar-refractivity contribution is 5.69. The van der Waals surface area contributed by atoms with Gasteiger partial charge in [-0.15, -0.1) is 0 Å². The van der Waals surface area contributed by atoms with E-state index in [1.165, 1.54) is 6.07 Å². The number of anilines is 2. The van der Waals surface area contributed by atoms with Crippen molar-refractivity contribution in [1.82, 2.24) is 4.90 Å². The van der Waals surface area contributed by atoms with Gasteiger partial charge in [0.1, 0.15) is 0 Å². The highest BCUT2D eigenvalue weighted by atomic mass is 19.1. The maximum absolute atomic E-state index is 13.8. The van der Waals surface area contributed by atoms with Crippen LogP contribution < -0.4 is 15.8 Å². The Morgan fingerprint density at radius 3 is 3.00 bits per heavy atom. The zero-order chi connectivity index (χ0) is 14.5. The minimum absolute atomic E-state index is 0.271. The molecule has 0 bridgehead atoms. The number of rotatable bonds is 5. The van der Waals surface area contributed by atoms with Crippen molar-refractivity contribution in [2.24, 2.45) is 0 Å². The van der Waals surface area contributed by atoms with E-state index in [0.29, 0.717) is 18.3 Å². The summed E-state index contributed by atoms with van der Waals surface area (Å²) in [6, 6.07) is 3.36. The van der Waals surface area contributed by atoms with Gasteiger partial charge in [-0.1, -0.05) is 6.92 Å². The maximum Gasteiger partial charge on any atom is 0.167 e. The van der Waals surface area contributed by atoms with Gasteiger partial charge < -0.3 is 20.7 Å². The lowest BCUT2D eigenvalue weighted by Crippen LogP contribution is -2.39.